The monoisotopic (exact) mass is 195 g/mol. The smallest absolute Gasteiger partial charge is 0.321 e. The second-order valence-electron chi connectivity index (χ2n) is 3.31. The summed E-state index contributed by atoms with van der Waals surface area (Å²) >= 11 is 0. The van der Waals surface area contributed by atoms with Gasteiger partial charge in [0.25, 0.3) is 0 Å². The Morgan fingerprint density at radius 1 is 1.57 bits per heavy atom. The second-order valence-corrected chi connectivity index (χ2v) is 3.31. The molecule has 0 aliphatic carbocycles. The maximum absolute atomic E-state index is 11.4. The van der Waals surface area contributed by atoms with Gasteiger partial charge in [0.2, 0.25) is 0 Å². The minimum Gasteiger partial charge on any atom is -0.431 e. The number of unbranched alkanes of at least 4 members (excludes halogenated alkanes) is 2. The SMILES string of the molecule is CCCCCC(=O)Cn1ccoc1=[N]. The van der Waals surface area contributed by atoms with E-state index in [0.29, 0.717) is 6.42 Å². The Hall–Kier alpha value is -1.32. The summed E-state index contributed by atoms with van der Waals surface area (Å²) in [7, 11) is 0. The molecule has 0 aliphatic rings. The lowest BCUT2D eigenvalue weighted by molar-refractivity contribution is -0.119. The molecule has 0 spiro atoms. The zero-order chi connectivity index (χ0) is 10.4. The number of hydrogen-bond acceptors (Lipinski definition) is 2. The standard InChI is InChI=1S/C10H15N2O2/c1-2-3-4-5-9(13)8-12-6-7-14-10(12)11/h6-7H,2-5,8H2,1H3. The molecule has 4 heteroatoms. The van der Waals surface area contributed by atoms with E-state index in [0.717, 1.165) is 19.3 Å². The number of rotatable bonds is 6. The van der Waals surface area contributed by atoms with Gasteiger partial charge in [0.05, 0.1) is 6.54 Å². The van der Waals surface area contributed by atoms with Gasteiger partial charge in [-0.1, -0.05) is 25.2 Å². The van der Waals surface area contributed by atoms with Crippen LogP contribution in [-0.4, -0.2) is 10.4 Å². The highest BCUT2D eigenvalue weighted by Crippen LogP contribution is 2.00. The number of carbonyl (C=O) groups is 1. The molecular weight excluding hydrogens is 180 g/mol. The summed E-state index contributed by atoms with van der Waals surface area (Å²) in [6, 6.07) is 0. The first kappa shape index (κ1) is 10.8. The van der Waals surface area contributed by atoms with E-state index in [-0.39, 0.29) is 18.0 Å². The summed E-state index contributed by atoms with van der Waals surface area (Å²) in [5.41, 5.74) is -0.214. The molecule has 0 aromatic carbocycles. The maximum atomic E-state index is 11.4. The average molecular weight is 195 g/mol. The Bertz CT molecular complexity index is 338. The maximum Gasteiger partial charge on any atom is 0.321 e. The van der Waals surface area contributed by atoms with Gasteiger partial charge < -0.3 is 4.42 Å². The Labute approximate surface area is 83.1 Å². The fourth-order valence-corrected chi connectivity index (χ4v) is 1.26. The van der Waals surface area contributed by atoms with E-state index in [4.69, 9.17) is 5.41 Å². The normalized spacial score (nSPS) is 10.4. The number of hydrogen-bond donors (Lipinski definition) is 0. The molecule has 1 radical (unpaired) electrons. The third kappa shape index (κ3) is 3.20. The summed E-state index contributed by atoms with van der Waals surface area (Å²) in [5.74, 6) is 0.125. The van der Waals surface area contributed by atoms with E-state index in [2.05, 4.69) is 11.3 Å². The van der Waals surface area contributed by atoms with Crippen LogP contribution in [0.25, 0.3) is 0 Å². The van der Waals surface area contributed by atoms with Crippen molar-refractivity contribution in [3.8, 4) is 0 Å². The molecule has 0 amide bonds. The molecule has 1 aromatic rings. The predicted molar refractivity (Wildman–Crippen MR) is 51.1 cm³/mol. The van der Waals surface area contributed by atoms with Crippen molar-refractivity contribution in [1.29, 1.82) is 0 Å². The van der Waals surface area contributed by atoms with Crippen molar-refractivity contribution >= 4 is 5.78 Å². The van der Waals surface area contributed by atoms with Crippen molar-refractivity contribution in [2.45, 2.75) is 39.2 Å². The lowest BCUT2D eigenvalue weighted by Crippen LogP contribution is -2.21. The van der Waals surface area contributed by atoms with Crippen LogP contribution in [0, 0.1) is 0 Å². The number of ketones is 1. The molecule has 0 atom stereocenters. The van der Waals surface area contributed by atoms with Gasteiger partial charge in [0.1, 0.15) is 6.26 Å². The van der Waals surface area contributed by atoms with Gasteiger partial charge >= 0.3 is 5.68 Å². The molecule has 1 rings (SSSR count). The van der Waals surface area contributed by atoms with Gasteiger partial charge in [-0.2, -0.15) is 0 Å². The summed E-state index contributed by atoms with van der Waals surface area (Å²) < 4.78 is 6.05. The molecule has 1 heterocycles. The minimum absolute atomic E-state index is 0.125. The lowest BCUT2D eigenvalue weighted by atomic mass is 10.1. The molecule has 1 aromatic heterocycles. The van der Waals surface area contributed by atoms with Crippen LogP contribution < -0.4 is 11.1 Å². The van der Waals surface area contributed by atoms with Crippen molar-refractivity contribution in [3.63, 3.8) is 0 Å². The van der Waals surface area contributed by atoms with Crippen molar-refractivity contribution in [2.75, 3.05) is 0 Å². The van der Waals surface area contributed by atoms with E-state index >= 15 is 0 Å². The van der Waals surface area contributed by atoms with Gasteiger partial charge in [-0.05, 0) is 6.42 Å². The van der Waals surface area contributed by atoms with E-state index < -0.39 is 0 Å². The first-order valence-electron chi connectivity index (χ1n) is 4.91. The van der Waals surface area contributed by atoms with E-state index in [1.807, 2.05) is 0 Å². The van der Waals surface area contributed by atoms with Gasteiger partial charge in [-0.3, -0.25) is 9.36 Å². The summed E-state index contributed by atoms with van der Waals surface area (Å²) in [6.07, 6.45) is 6.59. The Morgan fingerprint density at radius 2 is 2.36 bits per heavy atom. The highest BCUT2D eigenvalue weighted by molar-refractivity contribution is 5.78. The number of Topliss-reactive ketones (excluding diaryl/α,β-unsaturated/α-hetero) is 1. The molecule has 14 heavy (non-hydrogen) atoms. The minimum atomic E-state index is -0.214. The van der Waals surface area contributed by atoms with Crippen LogP contribution >= 0.6 is 0 Å². The van der Waals surface area contributed by atoms with Crippen molar-refractivity contribution in [1.82, 2.24) is 9.98 Å². The number of aromatic nitrogens is 1. The molecule has 0 unspecified atom stereocenters. The molecule has 4 nitrogen and oxygen atoms in total. The molecule has 0 bridgehead atoms. The highest BCUT2D eigenvalue weighted by Gasteiger charge is 2.04. The lowest BCUT2D eigenvalue weighted by Gasteiger charge is -1.99. The first-order chi connectivity index (χ1) is 6.74. The van der Waals surface area contributed by atoms with Crippen LogP contribution in [0.4, 0.5) is 0 Å². The largest absolute Gasteiger partial charge is 0.431 e. The van der Waals surface area contributed by atoms with Crippen LogP contribution in [0.15, 0.2) is 16.9 Å². The molecule has 0 saturated carbocycles. The van der Waals surface area contributed by atoms with Crippen molar-refractivity contribution < 1.29 is 9.21 Å². The topological polar surface area (TPSA) is 57.4 Å². The number of carbonyl (C=O) groups excluding carboxylic acids is 1. The second kappa shape index (κ2) is 5.42. The predicted octanol–water partition coefficient (Wildman–Crippen LogP) is 0.931. The average Bonchev–Trinajstić information content (AvgIpc) is 2.52. The zero-order valence-corrected chi connectivity index (χ0v) is 8.40. The van der Waals surface area contributed by atoms with Gasteiger partial charge in [-0.25, -0.2) is 0 Å². The Morgan fingerprint density at radius 3 is 2.93 bits per heavy atom. The Balaban J connectivity index is 2.34. The van der Waals surface area contributed by atoms with Crippen LogP contribution in [0.1, 0.15) is 32.6 Å². The fraction of sp³-hybridized carbons (Fsp3) is 0.600. The molecule has 0 fully saturated rings. The Kier molecular flexibility index (Phi) is 4.16. The van der Waals surface area contributed by atoms with Crippen molar-refractivity contribution in [2.24, 2.45) is 0 Å². The molecule has 0 saturated heterocycles. The van der Waals surface area contributed by atoms with Crippen LogP contribution in [-0.2, 0) is 11.3 Å². The summed E-state index contributed by atoms with van der Waals surface area (Å²) in [4.78, 5) is 11.4. The number of oxazole rings is 1. The van der Waals surface area contributed by atoms with Gasteiger partial charge in [-0.15, -0.1) is 0 Å². The van der Waals surface area contributed by atoms with Gasteiger partial charge in [0.15, 0.2) is 5.78 Å². The molecular formula is C10H15N2O2. The van der Waals surface area contributed by atoms with E-state index in [1.54, 1.807) is 6.20 Å². The fourth-order valence-electron chi connectivity index (χ4n) is 1.26. The third-order valence-electron chi connectivity index (χ3n) is 2.07. The summed E-state index contributed by atoms with van der Waals surface area (Å²) in [6.45, 7) is 2.30. The number of nitrogens with zero attached hydrogens (tertiary/aromatic N) is 2. The molecule has 77 valence electrons. The summed E-state index contributed by atoms with van der Waals surface area (Å²) in [5, 5.41) is 9.12. The molecule has 0 aliphatic heterocycles. The molecule has 0 N–H and O–H groups in total. The van der Waals surface area contributed by atoms with Gasteiger partial charge in [0, 0.05) is 12.6 Å². The quantitative estimate of drug-likeness (QED) is 0.634. The van der Waals surface area contributed by atoms with Crippen LogP contribution in [0.2, 0.25) is 0 Å². The third-order valence-corrected chi connectivity index (χ3v) is 2.07. The van der Waals surface area contributed by atoms with Crippen LogP contribution in [0.3, 0.4) is 0 Å². The highest BCUT2D eigenvalue weighted by atomic mass is 16.3. The van der Waals surface area contributed by atoms with E-state index in [9.17, 15) is 4.79 Å². The zero-order valence-electron chi connectivity index (χ0n) is 8.40. The van der Waals surface area contributed by atoms with Crippen LogP contribution in [0.5, 0.6) is 0 Å². The first-order valence-corrected chi connectivity index (χ1v) is 4.91. The van der Waals surface area contributed by atoms with Crippen molar-refractivity contribution in [3.05, 3.63) is 18.1 Å². The van der Waals surface area contributed by atoms with E-state index in [1.165, 1.54) is 10.8 Å².